The number of furan rings is 1. The molecule has 0 radical (unpaired) electrons. The van der Waals surface area contributed by atoms with E-state index < -0.39 is 0 Å². The van der Waals surface area contributed by atoms with Crippen LogP contribution in [0.5, 0.6) is 0 Å². The first-order chi connectivity index (χ1) is 9.22. The summed E-state index contributed by atoms with van der Waals surface area (Å²) >= 11 is 3.39. The lowest BCUT2D eigenvalue weighted by molar-refractivity contribution is 0.0721. The van der Waals surface area contributed by atoms with E-state index in [2.05, 4.69) is 15.9 Å². The zero-order chi connectivity index (χ0) is 13.7. The third-order valence-electron chi connectivity index (χ3n) is 2.91. The first-order valence-electron chi connectivity index (χ1n) is 6.15. The minimum atomic E-state index is -0.0641. The number of hydrogen-bond acceptors (Lipinski definition) is 2. The van der Waals surface area contributed by atoms with Gasteiger partial charge in [0.25, 0.3) is 5.91 Å². The van der Waals surface area contributed by atoms with Crippen molar-refractivity contribution in [3.8, 4) is 0 Å². The summed E-state index contributed by atoms with van der Waals surface area (Å²) in [4.78, 5) is 14.2. The predicted octanol–water partition coefficient (Wildman–Crippen LogP) is 3.63. The van der Waals surface area contributed by atoms with Crippen molar-refractivity contribution in [1.29, 1.82) is 0 Å². The average Bonchev–Trinajstić information content (AvgIpc) is 2.85. The fourth-order valence-corrected chi connectivity index (χ4v) is 2.32. The van der Waals surface area contributed by atoms with Crippen molar-refractivity contribution in [2.45, 2.75) is 13.5 Å². The Labute approximate surface area is 121 Å². The summed E-state index contributed by atoms with van der Waals surface area (Å²) in [6.07, 6.45) is 1.55. The Morgan fingerprint density at radius 2 is 2.00 bits per heavy atom. The lowest BCUT2D eigenvalue weighted by Crippen LogP contribution is -2.32. The van der Waals surface area contributed by atoms with Gasteiger partial charge in [-0.25, -0.2) is 0 Å². The van der Waals surface area contributed by atoms with Gasteiger partial charge in [-0.05, 0) is 18.6 Å². The van der Waals surface area contributed by atoms with Crippen LogP contribution in [0.2, 0.25) is 0 Å². The monoisotopic (exact) mass is 321 g/mol. The maximum absolute atomic E-state index is 12.4. The lowest BCUT2D eigenvalue weighted by atomic mass is 10.2. The van der Waals surface area contributed by atoms with Crippen molar-refractivity contribution in [2.75, 3.05) is 11.9 Å². The average molecular weight is 322 g/mol. The molecular weight excluding hydrogens is 306 g/mol. The second-order valence-corrected chi connectivity index (χ2v) is 5.13. The highest BCUT2D eigenvalue weighted by Gasteiger charge is 2.20. The zero-order valence-corrected chi connectivity index (χ0v) is 12.4. The van der Waals surface area contributed by atoms with Crippen LogP contribution in [0.3, 0.4) is 0 Å². The number of benzene rings is 1. The SMILES string of the molecule is Cc1ccoc1C(=O)N(CCBr)Cc1ccccc1. The number of hydrogen-bond donors (Lipinski definition) is 0. The van der Waals surface area contributed by atoms with E-state index in [0.717, 1.165) is 16.5 Å². The molecule has 2 aromatic rings. The van der Waals surface area contributed by atoms with Gasteiger partial charge >= 0.3 is 0 Å². The number of carbonyl (C=O) groups is 1. The molecule has 0 N–H and O–H groups in total. The molecule has 0 spiro atoms. The largest absolute Gasteiger partial charge is 0.459 e. The van der Waals surface area contributed by atoms with Crippen LogP contribution in [-0.4, -0.2) is 22.7 Å². The quantitative estimate of drug-likeness (QED) is 0.788. The molecule has 0 fully saturated rings. The molecule has 100 valence electrons. The summed E-state index contributed by atoms with van der Waals surface area (Å²) in [6, 6.07) is 11.8. The molecule has 1 heterocycles. The second-order valence-electron chi connectivity index (χ2n) is 4.33. The van der Waals surface area contributed by atoms with Gasteiger partial charge in [0.15, 0.2) is 5.76 Å². The maximum Gasteiger partial charge on any atom is 0.290 e. The Morgan fingerprint density at radius 3 is 2.58 bits per heavy atom. The minimum absolute atomic E-state index is 0.0641. The molecule has 0 bridgehead atoms. The van der Waals surface area contributed by atoms with Gasteiger partial charge in [0, 0.05) is 24.0 Å². The Bertz CT molecular complexity index is 536. The van der Waals surface area contributed by atoms with E-state index in [0.29, 0.717) is 18.8 Å². The highest BCUT2D eigenvalue weighted by atomic mass is 79.9. The Balaban J connectivity index is 2.16. The predicted molar refractivity (Wildman–Crippen MR) is 78.4 cm³/mol. The summed E-state index contributed by atoms with van der Waals surface area (Å²) in [7, 11) is 0. The van der Waals surface area contributed by atoms with Crippen LogP contribution in [0.4, 0.5) is 0 Å². The molecule has 0 atom stereocenters. The molecule has 0 unspecified atom stereocenters. The van der Waals surface area contributed by atoms with Gasteiger partial charge in [0.2, 0.25) is 0 Å². The molecule has 1 amide bonds. The third kappa shape index (κ3) is 3.47. The molecule has 0 aliphatic heterocycles. The summed E-state index contributed by atoms with van der Waals surface area (Å²) in [5.41, 5.74) is 1.98. The number of aryl methyl sites for hydroxylation is 1. The molecular formula is C15H16BrNO2. The van der Waals surface area contributed by atoms with E-state index in [1.54, 1.807) is 11.2 Å². The van der Waals surface area contributed by atoms with E-state index in [1.165, 1.54) is 0 Å². The van der Waals surface area contributed by atoms with Crippen LogP contribution in [0.25, 0.3) is 0 Å². The van der Waals surface area contributed by atoms with Gasteiger partial charge in [-0.15, -0.1) is 0 Å². The smallest absolute Gasteiger partial charge is 0.290 e. The van der Waals surface area contributed by atoms with Crippen LogP contribution >= 0.6 is 15.9 Å². The number of carbonyl (C=O) groups excluding carboxylic acids is 1. The molecule has 3 nitrogen and oxygen atoms in total. The summed E-state index contributed by atoms with van der Waals surface area (Å²) < 4.78 is 5.28. The Morgan fingerprint density at radius 1 is 1.26 bits per heavy atom. The van der Waals surface area contributed by atoms with Crippen molar-refractivity contribution in [3.05, 3.63) is 59.5 Å². The van der Waals surface area contributed by atoms with Crippen LogP contribution in [0, 0.1) is 6.92 Å². The number of rotatable bonds is 5. The lowest BCUT2D eigenvalue weighted by Gasteiger charge is -2.21. The third-order valence-corrected chi connectivity index (χ3v) is 3.27. The molecule has 0 saturated carbocycles. The number of amides is 1. The first kappa shape index (κ1) is 13.9. The zero-order valence-electron chi connectivity index (χ0n) is 10.8. The van der Waals surface area contributed by atoms with Crippen molar-refractivity contribution < 1.29 is 9.21 Å². The Hall–Kier alpha value is -1.55. The van der Waals surface area contributed by atoms with Crippen LogP contribution in [0.1, 0.15) is 21.7 Å². The standard InChI is InChI=1S/C15H16BrNO2/c1-12-7-10-19-14(12)15(18)17(9-8-16)11-13-5-3-2-4-6-13/h2-7,10H,8-9,11H2,1H3. The normalized spacial score (nSPS) is 10.4. The van der Waals surface area contributed by atoms with Gasteiger partial charge in [-0.3, -0.25) is 4.79 Å². The number of nitrogens with zero attached hydrogens (tertiary/aromatic N) is 1. The van der Waals surface area contributed by atoms with Crippen LogP contribution < -0.4 is 0 Å². The van der Waals surface area contributed by atoms with E-state index in [1.807, 2.05) is 43.3 Å². The maximum atomic E-state index is 12.4. The van der Waals surface area contributed by atoms with Gasteiger partial charge < -0.3 is 9.32 Å². The molecule has 4 heteroatoms. The molecule has 0 aliphatic carbocycles. The molecule has 19 heavy (non-hydrogen) atoms. The van der Waals surface area contributed by atoms with E-state index in [9.17, 15) is 4.79 Å². The second kappa shape index (κ2) is 6.57. The van der Waals surface area contributed by atoms with Gasteiger partial charge in [-0.1, -0.05) is 46.3 Å². The van der Waals surface area contributed by atoms with Crippen molar-refractivity contribution in [1.82, 2.24) is 4.90 Å². The highest BCUT2D eigenvalue weighted by molar-refractivity contribution is 9.09. The number of alkyl halides is 1. The summed E-state index contributed by atoms with van der Waals surface area (Å²) in [5, 5.41) is 0.741. The fourth-order valence-electron chi connectivity index (χ4n) is 1.89. The van der Waals surface area contributed by atoms with Gasteiger partial charge in [0.1, 0.15) is 0 Å². The van der Waals surface area contributed by atoms with Gasteiger partial charge in [-0.2, -0.15) is 0 Å². The highest BCUT2D eigenvalue weighted by Crippen LogP contribution is 2.14. The molecule has 1 aromatic heterocycles. The summed E-state index contributed by atoms with van der Waals surface area (Å²) in [6.45, 7) is 3.12. The van der Waals surface area contributed by atoms with Crippen LogP contribution in [0.15, 0.2) is 47.1 Å². The van der Waals surface area contributed by atoms with E-state index >= 15 is 0 Å². The van der Waals surface area contributed by atoms with Crippen molar-refractivity contribution >= 4 is 21.8 Å². The Kier molecular flexibility index (Phi) is 4.80. The summed E-state index contributed by atoms with van der Waals surface area (Å²) in [5.74, 6) is 0.364. The molecule has 1 aromatic carbocycles. The molecule has 0 saturated heterocycles. The minimum Gasteiger partial charge on any atom is -0.459 e. The molecule has 2 rings (SSSR count). The fraction of sp³-hybridized carbons (Fsp3) is 0.267. The van der Waals surface area contributed by atoms with Gasteiger partial charge in [0.05, 0.1) is 6.26 Å². The van der Waals surface area contributed by atoms with Crippen molar-refractivity contribution in [2.24, 2.45) is 0 Å². The van der Waals surface area contributed by atoms with E-state index in [-0.39, 0.29) is 5.91 Å². The topological polar surface area (TPSA) is 33.5 Å². The molecule has 0 aliphatic rings. The first-order valence-corrected chi connectivity index (χ1v) is 7.27. The van der Waals surface area contributed by atoms with E-state index in [4.69, 9.17) is 4.42 Å². The van der Waals surface area contributed by atoms with Crippen molar-refractivity contribution in [3.63, 3.8) is 0 Å². The number of halogens is 1. The van der Waals surface area contributed by atoms with Crippen LogP contribution in [-0.2, 0) is 6.54 Å².